The summed E-state index contributed by atoms with van der Waals surface area (Å²) in [6, 6.07) is 10.6. The molecule has 4 heteroatoms. The molecule has 1 aliphatic rings. The molecule has 3 rings (SSSR count). The predicted octanol–water partition coefficient (Wildman–Crippen LogP) is 2.81. The molecule has 2 aromatic rings. The molecule has 0 fully saturated rings. The molecule has 2 heterocycles. The van der Waals surface area contributed by atoms with Crippen molar-refractivity contribution in [1.29, 1.82) is 0 Å². The van der Waals surface area contributed by atoms with Crippen molar-refractivity contribution in [2.45, 2.75) is 44.9 Å². The highest BCUT2D eigenvalue weighted by molar-refractivity contribution is 5.18. The van der Waals surface area contributed by atoms with Crippen molar-refractivity contribution in [3.8, 4) is 0 Å². The smallest absolute Gasteiger partial charge is 0.0952 e. The molecule has 0 bridgehead atoms. The van der Waals surface area contributed by atoms with Gasteiger partial charge in [-0.15, -0.1) is 6.58 Å². The Morgan fingerprint density at radius 1 is 1.29 bits per heavy atom. The summed E-state index contributed by atoms with van der Waals surface area (Å²) in [5.74, 6) is 0. The van der Waals surface area contributed by atoms with E-state index in [9.17, 15) is 5.11 Å². The van der Waals surface area contributed by atoms with Gasteiger partial charge >= 0.3 is 0 Å². The Morgan fingerprint density at radius 3 is 2.92 bits per heavy atom. The van der Waals surface area contributed by atoms with Crippen LogP contribution in [0.3, 0.4) is 0 Å². The maximum Gasteiger partial charge on any atom is 0.0952 e. The van der Waals surface area contributed by atoms with Gasteiger partial charge in [0.25, 0.3) is 0 Å². The van der Waals surface area contributed by atoms with Crippen molar-refractivity contribution in [2.24, 2.45) is 0 Å². The van der Waals surface area contributed by atoms with Crippen LogP contribution in [-0.4, -0.2) is 38.8 Å². The minimum Gasteiger partial charge on any atom is -0.392 e. The van der Waals surface area contributed by atoms with Gasteiger partial charge in [-0.3, -0.25) is 4.90 Å². The second-order valence-electron chi connectivity index (χ2n) is 6.57. The topological polar surface area (TPSA) is 41.3 Å². The Bertz CT molecular complexity index is 650. The van der Waals surface area contributed by atoms with Crippen LogP contribution >= 0.6 is 0 Å². The van der Waals surface area contributed by atoms with Crippen LogP contribution in [0.4, 0.5) is 0 Å². The van der Waals surface area contributed by atoms with E-state index >= 15 is 0 Å². The van der Waals surface area contributed by atoms with E-state index in [-0.39, 0.29) is 6.10 Å². The number of benzene rings is 1. The Morgan fingerprint density at radius 2 is 2.12 bits per heavy atom. The Labute approximate surface area is 144 Å². The SMILES string of the molecule is C=CCCC(O)CN1CCc2c(ncn2CCc2ccccc2)C1. The van der Waals surface area contributed by atoms with Gasteiger partial charge in [0.15, 0.2) is 0 Å². The monoisotopic (exact) mass is 325 g/mol. The summed E-state index contributed by atoms with van der Waals surface area (Å²) in [7, 11) is 0. The van der Waals surface area contributed by atoms with Crippen LogP contribution in [0.5, 0.6) is 0 Å². The largest absolute Gasteiger partial charge is 0.392 e. The fourth-order valence-electron chi connectivity index (χ4n) is 3.37. The molecule has 0 radical (unpaired) electrons. The average Bonchev–Trinajstić information content (AvgIpc) is 3.01. The van der Waals surface area contributed by atoms with Crippen molar-refractivity contribution < 1.29 is 5.11 Å². The second kappa shape index (κ2) is 8.27. The number of fused-ring (bicyclic) bond motifs is 1. The van der Waals surface area contributed by atoms with Gasteiger partial charge in [-0.2, -0.15) is 0 Å². The highest BCUT2D eigenvalue weighted by Crippen LogP contribution is 2.19. The van der Waals surface area contributed by atoms with Gasteiger partial charge in [-0.25, -0.2) is 4.98 Å². The van der Waals surface area contributed by atoms with Crippen molar-refractivity contribution >= 4 is 0 Å². The van der Waals surface area contributed by atoms with Gasteiger partial charge in [0.1, 0.15) is 0 Å². The minimum atomic E-state index is -0.273. The summed E-state index contributed by atoms with van der Waals surface area (Å²) in [5.41, 5.74) is 3.90. The number of aromatic nitrogens is 2. The third-order valence-corrected chi connectivity index (χ3v) is 4.73. The minimum absolute atomic E-state index is 0.273. The van der Waals surface area contributed by atoms with Crippen molar-refractivity contribution in [1.82, 2.24) is 14.5 Å². The van der Waals surface area contributed by atoms with E-state index in [1.54, 1.807) is 0 Å². The van der Waals surface area contributed by atoms with Gasteiger partial charge in [0, 0.05) is 38.3 Å². The van der Waals surface area contributed by atoms with Gasteiger partial charge in [-0.1, -0.05) is 36.4 Å². The first-order valence-electron chi connectivity index (χ1n) is 8.84. The third-order valence-electron chi connectivity index (χ3n) is 4.73. The highest BCUT2D eigenvalue weighted by Gasteiger charge is 2.22. The molecule has 0 spiro atoms. The van der Waals surface area contributed by atoms with Crippen LogP contribution in [0, 0.1) is 0 Å². The van der Waals surface area contributed by atoms with E-state index in [0.717, 1.165) is 51.9 Å². The van der Waals surface area contributed by atoms with Gasteiger partial charge < -0.3 is 9.67 Å². The second-order valence-corrected chi connectivity index (χ2v) is 6.57. The number of nitrogens with zero attached hydrogens (tertiary/aromatic N) is 3. The van der Waals surface area contributed by atoms with E-state index in [2.05, 4.69) is 51.4 Å². The van der Waals surface area contributed by atoms with Crippen LogP contribution in [0.1, 0.15) is 29.8 Å². The van der Waals surface area contributed by atoms with Crippen LogP contribution in [0.25, 0.3) is 0 Å². The van der Waals surface area contributed by atoms with Crippen molar-refractivity contribution in [3.63, 3.8) is 0 Å². The standard InChI is InChI=1S/C20H27N3O/c1-2-3-9-18(24)14-22-12-11-20-19(15-22)21-16-23(20)13-10-17-7-5-4-6-8-17/h2,4-8,16,18,24H,1,3,9-15H2. The number of hydrogen-bond acceptors (Lipinski definition) is 3. The zero-order valence-electron chi connectivity index (χ0n) is 14.3. The van der Waals surface area contributed by atoms with E-state index in [1.807, 2.05) is 12.4 Å². The van der Waals surface area contributed by atoms with Crippen LogP contribution in [0.2, 0.25) is 0 Å². The lowest BCUT2D eigenvalue weighted by Gasteiger charge is -2.28. The number of hydrogen-bond donors (Lipinski definition) is 1. The average molecular weight is 325 g/mol. The summed E-state index contributed by atoms with van der Waals surface area (Å²) in [4.78, 5) is 6.92. The zero-order chi connectivity index (χ0) is 16.8. The van der Waals surface area contributed by atoms with Crippen molar-refractivity contribution in [3.05, 3.63) is 66.3 Å². The molecular weight excluding hydrogens is 298 g/mol. The first kappa shape index (κ1) is 16.9. The van der Waals surface area contributed by atoms with E-state index in [0.29, 0.717) is 0 Å². The summed E-state index contributed by atoms with van der Waals surface area (Å²) < 4.78 is 2.30. The Balaban J connectivity index is 1.55. The number of rotatable bonds is 8. The molecule has 0 saturated heterocycles. The van der Waals surface area contributed by atoms with Crippen molar-refractivity contribution in [2.75, 3.05) is 13.1 Å². The highest BCUT2D eigenvalue weighted by atomic mass is 16.3. The molecule has 1 N–H and O–H groups in total. The molecule has 128 valence electrons. The molecule has 0 saturated carbocycles. The Hall–Kier alpha value is -1.91. The number of aryl methyl sites for hydroxylation is 2. The molecule has 24 heavy (non-hydrogen) atoms. The predicted molar refractivity (Wildman–Crippen MR) is 96.8 cm³/mol. The van der Waals surface area contributed by atoms with Gasteiger partial charge in [0.05, 0.1) is 18.1 Å². The van der Waals surface area contributed by atoms with Crippen LogP contribution in [-0.2, 0) is 25.9 Å². The van der Waals surface area contributed by atoms with Gasteiger partial charge in [0.2, 0.25) is 0 Å². The maximum atomic E-state index is 10.1. The fraction of sp³-hybridized carbons (Fsp3) is 0.450. The van der Waals surface area contributed by atoms with Crippen LogP contribution in [0.15, 0.2) is 49.3 Å². The van der Waals surface area contributed by atoms with Crippen LogP contribution < -0.4 is 0 Å². The molecule has 1 aromatic carbocycles. The lowest BCUT2D eigenvalue weighted by molar-refractivity contribution is 0.0982. The molecule has 1 aromatic heterocycles. The first-order chi connectivity index (χ1) is 11.8. The maximum absolute atomic E-state index is 10.1. The summed E-state index contributed by atoms with van der Waals surface area (Å²) in [6.07, 6.45) is 7.28. The Kier molecular flexibility index (Phi) is 5.83. The van der Waals surface area contributed by atoms with Gasteiger partial charge in [-0.05, 0) is 24.8 Å². The summed E-state index contributed by atoms with van der Waals surface area (Å²) in [5, 5.41) is 10.1. The normalized spacial score (nSPS) is 15.9. The molecule has 0 amide bonds. The molecular formula is C20H27N3O. The molecule has 4 nitrogen and oxygen atoms in total. The molecule has 1 atom stereocenters. The lowest BCUT2D eigenvalue weighted by atomic mass is 10.1. The third kappa shape index (κ3) is 4.34. The molecule has 1 aliphatic heterocycles. The number of aliphatic hydroxyl groups excluding tert-OH is 1. The fourth-order valence-corrected chi connectivity index (χ4v) is 3.37. The molecule has 0 aliphatic carbocycles. The lowest BCUT2D eigenvalue weighted by Crippen LogP contribution is -2.37. The number of β-amino-alcohol motifs (C(OH)–C–C–N with tert-alkyl or cyclic N) is 1. The summed E-state index contributed by atoms with van der Waals surface area (Å²) >= 11 is 0. The van der Waals surface area contributed by atoms with E-state index in [4.69, 9.17) is 0 Å². The number of imidazole rings is 1. The number of allylic oxidation sites excluding steroid dienone is 1. The zero-order valence-corrected chi connectivity index (χ0v) is 14.3. The van der Waals surface area contributed by atoms with E-state index < -0.39 is 0 Å². The quantitative estimate of drug-likeness (QED) is 0.759. The van der Waals surface area contributed by atoms with E-state index in [1.165, 1.54) is 17.0 Å². The first-order valence-corrected chi connectivity index (χ1v) is 8.84. The summed E-state index contributed by atoms with van der Waals surface area (Å²) in [6.45, 7) is 7.26. The number of aliphatic hydroxyl groups is 1. The molecule has 1 unspecified atom stereocenters.